The monoisotopic (exact) mass is 224 g/mol. The highest BCUT2D eigenvalue weighted by atomic mass is 16.3. The fourth-order valence-corrected chi connectivity index (χ4v) is 1.25. The van der Waals surface area contributed by atoms with Crippen LogP contribution in [0.1, 0.15) is 11.1 Å². The van der Waals surface area contributed by atoms with E-state index in [2.05, 4.69) is 13.2 Å². The van der Waals surface area contributed by atoms with Crippen molar-refractivity contribution in [1.82, 2.24) is 0 Å². The van der Waals surface area contributed by atoms with Crippen molar-refractivity contribution in [3.05, 3.63) is 78.9 Å². The van der Waals surface area contributed by atoms with Crippen LogP contribution in [-0.2, 0) is 0 Å². The Morgan fingerprint density at radius 1 is 0.765 bits per heavy atom. The molecule has 0 amide bonds. The topological polar surface area (TPSA) is 20.2 Å². The third-order valence-corrected chi connectivity index (χ3v) is 2.19. The van der Waals surface area contributed by atoms with Gasteiger partial charge in [-0.2, -0.15) is 0 Å². The normalized spacial score (nSPS) is 8.71. The Kier molecular flexibility index (Phi) is 5.32. The molecule has 2 rings (SSSR count). The van der Waals surface area contributed by atoms with E-state index >= 15 is 0 Å². The summed E-state index contributed by atoms with van der Waals surface area (Å²) in [4.78, 5) is 0. The van der Waals surface area contributed by atoms with Crippen molar-refractivity contribution >= 4 is 12.2 Å². The average Bonchev–Trinajstić information content (AvgIpc) is 2.41. The van der Waals surface area contributed by atoms with E-state index in [4.69, 9.17) is 5.11 Å². The summed E-state index contributed by atoms with van der Waals surface area (Å²) in [5, 5.41) is 9.04. The predicted octanol–water partition coefficient (Wildman–Crippen LogP) is 4.36. The van der Waals surface area contributed by atoms with Crippen molar-refractivity contribution in [1.29, 1.82) is 0 Å². The second-order valence-corrected chi connectivity index (χ2v) is 3.38. The fourth-order valence-electron chi connectivity index (χ4n) is 1.25. The van der Waals surface area contributed by atoms with Gasteiger partial charge in [0.1, 0.15) is 5.75 Å². The molecule has 0 spiro atoms. The van der Waals surface area contributed by atoms with E-state index in [1.807, 2.05) is 48.5 Å². The van der Waals surface area contributed by atoms with Gasteiger partial charge in [0.15, 0.2) is 0 Å². The number of aromatic hydroxyl groups is 1. The minimum Gasteiger partial charge on any atom is -0.507 e. The maximum Gasteiger partial charge on any atom is 0.122 e. The molecule has 1 N–H and O–H groups in total. The van der Waals surface area contributed by atoms with E-state index in [9.17, 15) is 0 Å². The van der Waals surface area contributed by atoms with Crippen LogP contribution in [0.5, 0.6) is 5.75 Å². The maximum absolute atomic E-state index is 9.04. The van der Waals surface area contributed by atoms with E-state index in [0.717, 1.165) is 5.56 Å². The van der Waals surface area contributed by atoms with Crippen LogP contribution in [0.3, 0.4) is 0 Å². The zero-order valence-electron chi connectivity index (χ0n) is 9.71. The van der Waals surface area contributed by atoms with Gasteiger partial charge in [-0.15, -0.1) is 0 Å². The van der Waals surface area contributed by atoms with Gasteiger partial charge in [-0.1, -0.05) is 73.8 Å². The highest BCUT2D eigenvalue weighted by Crippen LogP contribution is 2.15. The van der Waals surface area contributed by atoms with Crippen LogP contribution in [-0.4, -0.2) is 5.11 Å². The molecule has 0 aliphatic rings. The molecule has 2 aromatic rings. The largest absolute Gasteiger partial charge is 0.507 e. The average molecular weight is 224 g/mol. The Balaban J connectivity index is 0.000000171. The van der Waals surface area contributed by atoms with Crippen LogP contribution in [0.4, 0.5) is 0 Å². The first-order valence-electron chi connectivity index (χ1n) is 5.36. The lowest BCUT2D eigenvalue weighted by atomic mass is 10.2. The number of benzene rings is 2. The van der Waals surface area contributed by atoms with Crippen molar-refractivity contribution in [2.24, 2.45) is 0 Å². The predicted molar refractivity (Wildman–Crippen MR) is 74.7 cm³/mol. The van der Waals surface area contributed by atoms with E-state index in [-0.39, 0.29) is 5.75 Å². The number of phenolic OH excluding ortho intramolecular Hbond substituents is 1. The molecule has 2 aromatic carbocycles. The number of hydrogen-bond donors (Lipinski definition) is 1. The number of phenols is 1. The summed E-state index contributed by atoms with van der Waals surface area (Å²) in [5.41, 5.74) is 1.95. The van der Waals surface area contributed by atoms with Crippen molar-refractivity contribution in [2.45, 2.75) is 0 Å². The second kappa shape index (κ2) is 7.07. The molecule has 0 saturated heterocycles. The summed E-state index contributed by atoms with van der Waals surface area (Å²) in [7, 11) is 0. The third-order valence-electron chi connectivity index (χ3n) is 2.19. The minimum absolute atomic E-state index is 0.285. The zero-order valence-corrected chi connectivity index (χ0v) is 9.71. The molecule has 0 fully saturated rings. The van der Waals surface area contributed by atoms with Crippen molar-refractivity contribution in [3.63, 3.8) is 0 Å². The molecule has 0 atom stereocenters. The first-order chi connectivity index (χ1) is 8.27. The van der Waals surface area contributed by atoms with Crippen LogP contribution in [0.15, 0.2) is 67.8 Å². The molecular formula is C16H16O. The summed E-state index contributed by atoms with van der Waals surface area (Å²) in [5.74, 6) is 0.285. The van der Waals surface area contributed by atoms with Gasteiger partial charge >= 0.3 is 0 Å². The minimum atomic E-state index is 0.285. The Labute approximate surface area is 102 Å². The Bertz CT molecular complexity index is 472. The zero-order chi connectivity index (χ0) is 12.5. The lowest BCUT2D eigenvalue weighted by Gasteiger charge is -1.93. The van der Waals surface area contributed by atoms with Crippen LogP contribution in [0.2, 0.25) is 0 Å². The fraction of sp³-hybridized carbons (Fsp3) is 0. The Hall–Kier alpha value is -2.28. The molecule has 86 valence electrons. The van der Waals surface area contributed by atoms with Crippen molar-refractivity contribution in [3.8, 4) is 5.75 Å². The molecule has 0 heterocycles. The molecule has 0 bridgehead atoms. The third kappa shape index (κ3) is 4.39. The maximum atomic E-state index is 9.04. The van der Waals surface area contributed by atoms with Crippen LogP contribution in [0.25, 0.3) is 12.2 Å². The molecule has 0 unspecified atom stereocenters. The highest BCUT2D eigenvalue weighted by molar-refractivity contribution is 5.54. The van der Waals surface area contributed by atoms with Crippen LogP contribution in [0, 0.1) is 0 Å². The molecule has 0 saturated carbocycles. The molecule has 0 radical (unpaired) electrons. The van der Waals surface area contributed by atoms with Gasteiger partial charge < -0.3 is 5.11 Å². The molecule has 1 heteroatoms. The van der Waals surface area contributed by atoms with Gasteiger partial charge in [0, 0.05) is 5.56 Å². The summed E-state index contributed by atoms with van der Waals surface area (Å²) >= 11 is 0. The van der Waals surface area contributed by atoms with E-state index in [1.54, 1.807) is 18.2 Å². The number of para-hydroxylation sites is 1. The molecule has 0 aliphatic carbocycles. The molecular weight excluding hydrogens is 208 g/mol. The number of rotatable bonds is 2. The van der Waals surface area contributed by atoms with Crippen LogP contribution >= 0.6 is 0 Å². The summed E-state index contributed by atoms with van der Waals surface area (Å²) < 4.78 is 0. The van der Waals surface area contributed by atoms with Crippen molar-refractivity contribution < 1.29 is 5.11 Å². The van der Waals surface area contributed by atoms with Gasteiger partial charge in [-0.3, -0.25) is 0 Å². The highest BCUT2D eigenvalue weighted by Gasteiger charge is 1.89. The molecule has 1 nitrogen and oxygen atoms in total. The van der Waals surface area contributed by atoms with Crippen LogP contribution < -0.4 is 0 Å². The summed E-state index contributed by atoms with van der Waals surface area (Å²) in [6.45, 7) is 7.16. The van der Waals surface area contributed by atoms with E-state index < -0.39 is 0 Å². The summed E-state index contributed by atoms with van der Waals surface area (Å²) in [6.07, 6.45) is 3.45. The van der Waals surface area contributed by atoms with Crippen molar-refractivity contribution in [2.75, 3.05) is 0 Å². The molecule has 0 aromatic heterocycles. The first kappa shape index (κ1) is 12.8. The Morgan fingerprint density at radius 3 is 1.76 bits per heavy atom. The van der Waals surface area contributed by atoms with Gasteiger partial charge in [0.05, 0.1) is 0 Å². The second-order valence-electron chi connectivity index (χ2n) is 3.38. The van der Waals surface area contributed by atoms with Gasteiger partial charge in [0.25, 0.3) is 0 Å². The quantitative estimate of drug-likeness (QED) is 0.803. The van der Waals surface area contributed by atoms with Gasteiger partial charge in [-0.05, 0) is 11.6 Å². The van der Waals surface area contributed by atoms with Gasteiger partial charge in [0.2, 0.25) is 0 Å². The molecule has 17 heavy (non-hydrogen) atoms. The standard InChI is InChI=1S/C8H8O.C8H8/c1-2-7-5-3-4-6-8(7)9;1-2-8-6-4-3-5-7-8/h2-6,9H,1H2;2-7H,1H2. The Morgan fingerprint density at radius 2 is 1.35 bits per heavy atom. The number of hydrogen-bond acceptors (Lipinski definition) is 1. The van der Waals surface area contributed by atoms with E-state index in [0.29, 0.717) is 0 Å². The van der Waals surface area contributed by atoms with Gasteiger partial charge in [-0.25, -0.2) is 0 Å². The SMILES string of the molecule is C=Cc1ccccc1.C=Cc1ccccc1O. The lowest BCUT2D eigenvalue weighted by Crippen LogP contribution is -1.69. The first-order valence-corrected chi connectivity index (χ1v) is 5.36. The summed E-state index contributed by atoms with van der Waals surface area (Å²) in [6, 6.07) is 17.1. The van der Waals surface area contributed by atoms with E-state index in [1.165, 1.54) is 5.56 Å². The smallest absolute Gasteiger partial charge is 0.122 e. The lowest BCUT2D eigenvalue weighted by molar-refractivity contribution is 0.474. The molecule has 0 aliphatic heterocycles.